The Bertz CT molecular complexity index is 424. The summed E-state index contributed by atoms with van der Waals surface area (Å²) in [5.41, 5.74) is 1.74. The van der Waals surface area contributed by atoms with E-state index in [0.717, 1.165) is 11.7 Å². The van der Waals surface area contributed by atoms with Gasteiger partial charge in [-0.2, -0.15) is 0 Å². The summed E-state index contributed by atoms with van der Waals surface area (Å²) in [6.45, 7) is 7.73. The van der Waals surface area contributed by atoms with Crippen molar-refractivity contribution in [1.82, 2.24) is 5.32 Å². The SMILES string of the molecule is CCC1(CC)CN=C(NC(C)c2ccccc2)SC1. The van der Waals surface area contributed by atoms with Crippen LogP contribution in [0.2, 0.25) is 0 Å². The molecule has 19 heavy (non-hydrogen) atoms. The molecule has 1 aliphatic heterocycles. The third-order valence-corrected chi connectivity index (χ3v) is 5.49. The van der Waals surface area contributed by atoms with Crippen molar-refractivity contribution in [3.63, 3.8) is 0 Å². The molecular weight excluding hydrogens is 252 g/mol. The Hall–Kier alpha value is -0.960. The minimum Gasteiger partial charge on any atom is -0.358 e. The highest BCUT2D eigenvalue weighted by Gasteiger charge is 2.30. The maximum Gasteiger partial charge on any atom is 0.157 e. The molecule has 0 amide bonds. The predicted octanol–water partition coefficient (Wildman–Crippen LogP) is 4.25. The minimum absolute atomic E-state index is 0.322. The lowest BCUT2D eigenvalue weighted by Crippen LogP contribution is -2.35. The average molecular weight is 276 g/mol. The van der Waals surface area contributed by atoms with Crippen molar-refractivity contribution in [2.75, 3.05) is 12.3 Å². The van der Waals surface area contributed by atoms with Crippen molar-refractivity contribution >= 4 is 16.9 Å². The van der Waals surface area contributed by atoms with E-state index in [1.54, 1.807) is 0 Å². The molecule has 0 aromatic heterocycles. The zero-order valence-corrected chi connectivity index (χ0v) is 13.0. The molecule has 3 heteroatoms. The summed E-state index contributed by atoms with van der Waals surface area (Å²) in [5.74, 6) is 1.19. The van der Waals surface area contributed by atoms with Crippen LogP contribution in [0.1, 0.15) is 45.2 Å². The van der Waals surface area contributed by atoms with Crippen LogP contribution in [0, 0.1) is 5.41 Å². The molecule has 0 spiro atoms. The number of hydrogen-bond acceptors (Lipinski definition) is 3. The van der Waals surface area contributed by atoms with Gasteiger partial charge in [-0.25, -0.2) is 0 Å². The van der Waals surface area contributed by atoms with Crippen molar-refractivity contribution in [3.8, 4) is 0 Å². The van der Waals surface area contributed by atoms with Crippen LogP contribution in [0.3, 0.4) is 0 Å². The third-order valence-electron chi connectivity index (χ3n) is 4.21. The van der Waals surface area contributed by atoms with E-state index in [4.69, 9.17) is 4.99 Å². The molecule has 0 saturated heterocycles. The first-order valence-electron chi connectivity index (χ1n) is 7.18. The summed E-state index contributed by atoms with van der Waals surface area (Å²) in [7, 11) is 0. The van der Waals surface area contributed by atoms with Crippen LogP contribution in [-0.2, 0) is 0 Å². The van der Waals surface area contributed by atoms with Crippen molar-refractivity contribution in [2.45, 2.75) is 39.7 Å². The second kappa shape index (κ2) is 6.47. The number of aliphatic imine (C=N–C) groups is 1. The monoisotopic (exact) mass is 276 g/mol. The normalized spacial score (nSPS) is 19.6. The molecule has 0 aliphatic carbocycles. The first-order valence-corrected chi connectivity index (χ1v) is 8.16. The standard InChI is InChI=1S/C16H24N2S/c1-4-16(5-2)11-17-15(19-12-16)18-13(3)14-9-7-6-8-10-14/h6-10,13H,4-5,11-12H2,1-3H3,(H,17,18). The molecule has 1 aromatic carbocycles. The molecule has 2 rings (SSSR count). The maximum absolute atomic E-state index is 4.76. The minimum atomic E-state index is 0.322. The van der Waals surface area contributed by atoms with Crippen LogP contribution in [0.4, 0.5) is 0 Å². The van der Waals surface area contributed by atoms with E-state index in [0.29, 0.717) is 11.5 Å². The Balaban J connectivity index is 1.96. The number of rotatable bonds is 4. The lowest BCUT2D eigenvalue weighted by molar-refractivity contribution is 0.318. The Morgan fingerprint density at radius 1 is 1.26 bits per heavy atom. The van der Waals surface area contributed by atoms with Crippen LogP contribution in [-0.4, -0.2) is 17.5 Å². The van der Waals surface area contributed by atoms with Crippen LogP contribution in [0.25, 0.3) is 0 Å². The number of amidine groups is 1. The topological polar surface area (TPSA) is 24.4 Å². The van der Waals surface area contributed by atoms with Crippen LogP contribution in [0.15, 0.2) is 35.3 Å². The molecule has 0 fully saturated rings. The van der Waals surface area contributed by atoms with E-state index in [1.807, 2.05) is 11.8 Å². The van der Waals surface area contributed by atoms with Gasteiger partial charge in [-0.05, 0) is 30.7 Å². The predicted molar refractivity (Wildman–Crippen MR) is 85.8 cm³/mol. The number of thioether (sulfide) groups is 1. The Kier molecular flexibility index (Phi) is 4.92. The van der Waals surface area contributed by atoms with Gasteiger partial charge in [-0.3, -0.25) is 4.99 Å². The van der Waals surface area contributed by atoms with Gasteiger partial charge in [0.1, 0.15) is 0 Å². The van der Waals surface area contributed by atoms with Crippen molar-refractivity contribution in [3.05, 3.63) is 35.9 Å². The van der Waals surface area contributed by atoms with E-state index in [2.05, 4.69) is 56.4 Å². The fourth-order valence-corrected chi connectivity index (χ4v) is 3.69. The van der Waals surface area contributed by atoms with Gasteiger partial charge in [0.15, 0.2) is 5.17 Å². The number of hydrogen-bond donors (Lipinski definition) is 1. The number of nitrogens with zero attached hydrogens (tertiary/aromatic N) is 1. The van der Waals surface area contributed by atoms with Gasteiger partial charge < -0.3 is 5.32 Å². The largest absolute Gasteiger partial charge is 0.358 e. The summed E-state index contributed by atoms with van der Waals surface area (Å²) in [4.78, 5) is 4.76. The quantitative estimate of drug-likeness (QED) is 0.889. The Morgan fingerprint density at radius 3 is 2.47 bits per heavy atom. The first kappa shape index (κ1) is 14.4. The number of benzene rings is 1. The summed E-state index contributed by atoms with van der Waals surface area (Å²) < 4.78 is 0. The zero-order valence-electron chi connectivity index (χ0n) is 12.1. The number of nitrogens with one attached hydrogen (secondary N) is 1. The second-order valence-electron chi connectivity index (χ2n) is 5.39. The summed E-state index contributed by atoms with van der Waals surface area (Å²) in [6.07, 6.45) is 2.45. The van der Waals surface area contributed by atoms with Gasteiger partial charge in [-0.1, -0.05) is 55.9 Å². The van der Waals surface area contributed by atoms with Gasteiger partial charge >= 0.3 is 0 Å². The molecule has 2 nitrogen and oxygen atoms in total. The highest BCUT2D eigenvalue weighted by molar-refractivity contribution is 8.13. The van der Waals surface area contributed by atoms with Crippen LogP contribution >= 0.6 is 11.8 Å². The van der Waals surface area contributed by atoms with Gasteiger partial charge in [-0.15, -0.1) is 0 Å². The third kappa shape index (κ3) is 3.53. The van der Waals surface area contributed by atoms with Crippen molar-refractivity contribution < 1.29 is 0 Å². The molecular formula is C16H24N2S. The summed E-state index contributed by atoms with van der Waals surface area (Å²) in [6, 6.07) is 10.9. The van der Waals surface area contributed by atoms with E-state index < -0.39 is 0 Å². The molecule has 1 N–H and O–H groups in total. The van der Waals surface area contributed by atoms with E-state index >= 15 is 0 Å². The lowest BCUT2D eigenvalue weighted by Gasteiger charge is -2.34. The maximum atomic E-state index is 4.76. The molecule has 1 aromatic rings. The van der Waals surface area contributed by atoms with Gasteiger partial charge in [0, 0.05) is 12.3 Å². The van der Waals surface area contributed by atoms with Gasteiger partial charge in [0.25, 0.3) is 0 Å². The lowest BCUT2D eigenvalue weighted by atomic mass is 9.84. The highest BCUT2D eigenvalue weighted by atomic mass is 32.2. The van der Waals surface area contributed by atoms with Gasteiger partial charge in [0.05, 0.1) is 6.04 Å². The zero-order chi connectivity index (χ0) is 13.7. The molecule has 1 aliphatic rings. The summed E-state index contributed by atoms with van der Waals surface area (Å²) >= 11 is 1.88. The Labute approximate surface area is 121 Å². The fourth-order valence-electron chi connectivity index (χ4n) is 2.33. The molecule has 1 atom stereocenters. The highest BCUT2D eigenvalue weighted by Crippen LogP contribution is 2.35. The van der Waals surface area contributed by atoms with Crippen molar-refractivity contribution in [1.29, 1.82) is 0 Å². The second-order valence-corrected chi connectivity index (χ2v) is 6.36. The molecule has 0 radical (unpaired) electrons. The summed E-state index contributed by atoms with van der Waals surface area (Å²) in [5, 5.41) is 4.64. The molecule has 0 bridgehead atoms. The van der Waals surface area contributed by atoms with Gasteiger partial charge in [0.2, 0.25) is 0 Å². The molecule has 104 valence electrons. The first-order chi connectivity index (χ1) is 9.19. The van der Waals surface area contributed by atoms with E-state index in [-0.39, 0.29) is 0 Å². The molecule has 1 heterocycles. The van der Waals surface area contributed by atoms with E-state index in [1.165, 1.54) is 24.2 Å². The molecule has 1 unspecified atom stereocenters. The molecule has 0 saturated carbocycles. The van der Waals surface area contributed by atoms with E-state index in [9.17, 15) is 0 Å². The van der Waals surface area contributed by atoms with Crippen LogP contribution in [0.5, 0.6) is 0 Å². The fraction of sp³-hybridized carbons (Fsp3) is 0.562. The average Bonchev–Trinajstić information content (AvgIpc) is 2.49. The van der Waals surface area contributed by atoms with Crippen LogP contribution < -0.4 is 5.32 Å². The Morgan fingerprint density at radius 2 is 1.95 bits per heavy atom. The smallest absolute Gasteiger partial charge is 0.157 e. The van der Waals surface area contributed by atoms with Crippen molar-refractivity contribution in [2.24, 2.45) is 10.4 Å².